The number of thioether (sulfide) groups is 1. The Bertz CT molecular complexity index is 685. The number of nitrogens with zero attached hydrogens (tertiary/aromatic N) is 2. The molecule has 2 aliphatic rings. The molecule has 0 spiro atoms. The van der Waals surface area contributed by atoms with Crippen LogP contribution in [0.5, 0.6) is 5.75 Å². The van der Waals surface area contributed by atoms with Gasteiger partial charge >= 0.3 is 0 Å². The number of benzene rings is 1. The van der Waals surface area contributed by atoms with Crippen LogP contribution in [0.2, 0.25) is 0 Å². The van der Waals surface area contributed by atoms with Crippen LogP contribution in [-0.4, -0.2) is 57.8 Å². The van der Waals surface area contributed by atoms with E-state index in [-0.39, 0.29) is 6.10 Å². The Morgan fingerprint density at radius 2 is 2.00 bits per heavy atom. The van der Waals surface area contributed by atoms with Crippen LogP contribution < -0.4 is 4.74 Å². The van der Waals surface area contributed by atoms with E-state index >= 15 is 0 Å². The van der Waals surface area contributed by atoms with E-state index in [1.165, 1.54) is 24.3 Å². The van der Waals surface area contributed by atoms with Crippen molar-refractivity contribution in [1.82, 2.24) is 9.88 Å². The van der Waals surface area contributed by atoms with Crippen LogP contribution in [0.4, 0.5) is 0 Å². The molecule has 4 nitrogen and oxygen atoms in total. The molecule has 0 saturated carbocycles. The third kappa shape index (κ3) is 3.39. The van der Waals surface area contributed by atoms with Gasteiger partial charge in [0.05, 0.1) is 5.52 Å². The van der Waals surface area contributed by atoms with Gasteiger partial charge in [0.2, 0.25) is 0 Å². The predicted octanol–water partition coefficient (Wildman–Crippen LogP) is 2.94. The van der Waals surface area contributed by atoms with E-state index in [1.54, 1.807) is 6.20 Å². The zero-order valence-electron chi connectivity index (χ0n) is 13.8. The summed E-state index contributed by atoms with van der Waals surface area (Å²) in [6.45, 7) is 1.74. The lowest BCUT2D eigenvalue weighted by Crippen LogP contribution is -2.53. The lowest BCUT2D eigenvalue weighted by molar-refractivity contribution is -0.0376. The van der Waals surface area contributed by atoms with Crippen molar-refractivity contribution in [1.29, 1.82) is 0 Å². The molecule has 2 aliphatic heterocycles. The number of ether oxygens (including phenoxy) is 1. The summed E-state index contributed by atoms with van der Waals surface area (Å²) in [4.78, 5) is 6.84. The molecule has 24 heavy (non-hydrogen) atoms. The SMILES string of the molecule is O[C@@H]1CN(C2CCSCC2)CC[C@H]1Oc1cccc2ncccc12. The lowest BCUT2D eigenvalue weighted by Gasteiger charge is -2.41. The van der Waals surface area contributed by atoms with Gasteiger partial charge in [0, 0.05) is 30.7 Å². The number of β-amino-alcohol motifs (C(OH)–C–C–N with tert-alkyl or cyclic N) is 1. The number of likely N-dealkylation sites (tertiary alicyclic amines) is 1. The molecule has 0 radical (unpaired) electrons. The minimum Gasteiger partial charge on any atom is -0.487 e. The molecular weight excluding hydrogens is 320 g/mol. The Morgan fingerprint density at radius 1 is 1.12 bits per heavy atom. The second-order valence-corrected chi connectivity index (χ2v) is 7.90. The van der Waals surface area contributed by atoms with E-state index in [4.69, 9.17) is 4.74 Å². The van der Waals surface area contributed by atoms with E-state index < -0.39 is 6.10 Å². The molecule has 3 heterocycles. The van der Waals surface area contributed by atoms with Crippen LogP contribution in [0.3, 0.4) is 0 Å². The van der Waals surface area contributed by atoms with E-state index in [1.807, 2.05) is 42.1 Å². The Kier molecular flexibility index (Phi) is 4.92. The molecule has 2 fully saturated rings. The van der Waals surface area contributed by atoms with Gasteiger partial charge < -0.3 is 9.84 Å². The standard InChI is InChI=1S/C19H24N2O2S/c22-17-13-21(14-7-11-24-12-8-14)10-6-19(17)23-18-5-1-4-16-15(18)3-2-9-20-16/h1-5,9,14,17,19,22H,6-8,10-13H2/t17-,19-/m1/s1. The summed E-state index contributed by atoms with van der Waals surface area (Å²) in [5, 5.41) is 11.6. The van der Waals surface area contributed by atoms with Crippen molar-refractivity contribution in [2.45, 2.75) is 37.5 Å². The molecule has 1 aromatic carbocycles. The fraction of sp³-hybridized carbons (Fsp3) is 0.526. The highest BCUT2D eigenvalue weighted by atomic mass is 32.2. The van der Waals surface area contributed by atoms with Crippen LogP contribution >= 0.6 is 11.8 Å². The van der Waals surface area contributed by atoms with Gasteiger partial charge in [-0.2, -0.15) is 11.8 Å². The molecule has 1 N–H and O–H groups in total. The third-order valence-corrected chi connectivity index (χ3v) is 6.19. The number of aliphatic hydroxyl groups is 1. The van der Waals surface area contributed by atoms with Gasteiger partial charge in [-0.25, -0.2) is 0 Å². The summed E-state index contributed by atoms with van der Waals surface area (Å²) in [6.07, 6.45) is 4.60. The van der Waals surface area contributed by atoms with Crippen molar-refractivity contribution in [3.8, 4) is 5.75 Å². The third-order valence-electron chi connectivity index (χ3n) is 5.14. The van der Waals surface area contributed by atoms with Gasteiger partial charge in [0.1, 0.15) is 18.0 Å². The average molecular weight is 344 g/mol. The highest BCUT2D eigenvalue weighted by molar-refractivity contribution is 7.99. The predicted molar refractivity (Wildman–Crippen MR) is 98.7 cm³/mol. The van der Waals surface area contributed by atoms with Gasteiger partial charge in [-0.05, 0) is 55.0 Å². The van der Waals surface area contributed by atoms with Gasteiger partial charge in [-0.15, -0.1) is 0 Å². The number of aromatic nitrogens is 1. The summed E-state index contributed by atoms with van der Waals surface area (Å²) in [7, 11) is 0. The van der Waals surface area contributed by atoms with E-state index in [0.717, 1.165) is 36.2 Å². The van der Waals surface area contributed by atoms with E-state index in [2.05, 4.69) is 9.88 Å². The second kappa shape index (κ2) is 7.30. The first kappa shape index (κ1) is 16.2. The fourth-order valence-electron chi connectivity index (χ4n) is 3.79. The smallest absolute Gasteiger partial charge is 0.129 e. The van der Waals surface area contributed by atoms with Crippen LogP contribution in [0.25, 0.3) is 10.9 Å². The molecule has 0 amide bonds. The van der Waals surface area contributed by atoms with Gasteiger partial charge in [-0.3, -0.25) is 9.88 Å². The summed E-state index contributed by atoms with van der Waals surface area (Å²) >= 11 is 2.05. The Hall–Kier alpha value is -1.30. The van der Waals surface area contributed by atoms with Gasteiger partial charge in [0.25, 0.3) is 0 Å². The maximum atomic E-state index is 10.6. The first-order valence-corrected chi connectivity index (χ1v) is 9.97. The normalized spacial score (nSPS) is 26.5. The number of hydrogen-bond acceptors (Lipinski definition) is 5. The van der Waals surface area contributed by atoms with Crippen LogP contribution in [0, 0.1) is 0 Å². The zero-order valence-corrected chi connectivity index (χ0v) is 14.6. The molecule has 0 unspecified atom stereocenters. The number of pyridine rings is 1. The van der Waals surface area contributed by atoms with Gasteiger partial charge in [-0.1, -0.05) is 6.07 Å². The summed E-state index contributed by atoms with van der Waals surface area (Å²) < 4.78 is 6.20. The highest BCUT2D eigenvalue weighted by Gasteiger charge is 2.33. The Balaban J connectivity index is 1.44. The van der Waals surface area contributed by atoms with Crippen molar-refractivity contribution in [2.75, 3.05) is 24.6 Å². The maximum absolute atomic E-state index is 10.6. The Labute approximate surface area is 147 Å². The monoisotopic (exact) mass is 344 g/mol. The first-order valence-electron chi connectivity index (χ1n) is 8.81. The van der Waals surface area contributed by atoms with E-state index in [9.17, 15) is 5.11 Å². The zero-order chi connectivity index (χ0) is 16.4. The molecule has 128 valence electrons. The quantitative estimate of drug-likeness (QED) is 0.927. The second-order valence-electron chi connectivity index (χ2n) is 6.68. The molecule has 0 aliphatic carbocycles. The van der Waals surface area contributed by atoms with Crippen molar-refractivity contribution in [2.24, 2.45) is 0 Å². The van der Waals surface area contributed by atoms with Crippen molar-refractivity contribution in [3.05, 3.63) is 36.5 Å². The van der Waals surface area contributed by atoms with Crippen LogP contribution in [0.15, 0.2) is 36.5 Å². The topological polar surface area (TPSA) is 45.6 Å². The summed E-state index contributed by atoms with van der Waals surface area (Å²) in [6, 6.07) is 10.5. The summed E-state index contributed by atoms with van der Waals surface area (Å²) in [5.74, 6) is 3.33. The molecule has 2 aromatic rings. The summed E-state index contributed by atoms with van der Waals surface area (Å²) in [5.41, 5.74) is 0.932. The highest BCUT2D eigenvalue weighted by Crippen LogP contribution is 2.29. The number of fused-ring (bicyclic) bond motifs is 1. The lowest BCUT2D eigenvalue weighted by atomic mass is 10.00. The largest absolute Gasteiger partial charge is 0.487 e. The Morgan fingerprint density at radius 3 is 2.83 bits per heavy atom. The average Bonchev–Trinajstić information content (AvgIpc) is 2.64. The van der Waals surface area contributed by atoms with E-state index in [0.29, 0.717) is 6.04 Å². The molecule has 5 heteroatoms. The van der Waals surface area contributed by atoms with Crippen molar-refractivity contribution in [3.63, 3.8) is 0 Å². The van der Waals surface area contributed by atoms with Crippen LogP contribution in [0.1, 0.15) is 19.3 Å². The molecule has 1 aromatic heterocycles. The van der Waals surface area contributed by atoms with Crippen molar-refractivity contribution < 1.29 is 9.84 Å². The minimum absolute atomic E-state index is 0.134. The molecule has 4 rings (SSSR count). The van der Waals surface area contributed by atoms with Gasteiger partial charge in [0.15, 0.2) is 0 Å². The minimum atomic E-state index is -0.430. The maximum Gasteiger partial charge on any atom is 0.129 e. The van der Waals surface area contributed by atoms with Crippen LogP contribution in [-0.2, 0) is 0 Å². The fourth-order valence-corrected chi connectivity index (χ4v) is 4.88. The number of rotatable bonds is 3. The number of aliphatic hydroxyl groups excluding tert-OH is 1. The molecule has 2 saturated heterocycles. The molecule has 2 atom stereocenters. The molecular formula is C19H24N2O2S. The first-order chi connectivity index (χ1) is 11.8. The number of piperidine rings is 1. The van der Waals surface area contributed by atoms with Crippen molar-refractivity contribution >= 4 is 22.7 Å². The molecule has 0 bridgehead atoms. The number of hydrogen-bond donors (Lipinski definition) is 1.